The van der Waals surface area contributed by atoms with Crippen molar-refractivity contribution in [3.63, 3.8) is 0 Å². The predicted octanol–water partition coefficient (Wildman–Crippen LogP) is 5.38. The van der Waals surface area contributed by atoms with E-state index in [0.717, 1.165) is 27.4 Å². The van der Waals surface area contributed by atoms with E-state index in [4.69, 9.17) is 26.1 Å². The van der Waals surface area contributed by atoms with Crippen LogP contribution in [0.2, 0.25) is 0 Å². The summed E-state index contributed by atoms with van der Waals surface area (Å²) in [4.78, 5) is 16.9. The minimum Gasteiger partial charge on any atom is -0.493 e. The van der Waals surface area contributed by atoms with Gasteiger partial charge in [0.25, 0.3) is 0 Å². The van der Waals surface area contributed by atoms with Crippen LogP contribution in [0.1, 0.15) is 19.4 Å². The number of benzene rings is 2. The maximum absolute atomic E-state index is 12.2. The number of nitrogens with zero attached hydrogens (tertiary/aromatic N) is 1. The van der Waals surface area contributed by atoms with Gasteiger partial charge < -0.3 is 14.8 Å². The third-order valence-electron chi connectivity index (χ3n) is 4.79. The fourth-order valence-electron chi connectivity index (χ4n) is 2.78. The molecule has 158 valence electrons. The molecular formula is C23H25ClN2O3S. The van der Waals surface area contributed by atoms with E-state index in [0.29, 0.717) is 18.0 Å². The van der Waals surface area contributed by atoms with E-state index in [9.17, 15) is 4.79 Å². The Morgan fingerprint density at radius 2 is 1.73 bits per heavy atom. The maximum Gasteiger partial charge on any atom is 0.227 e. The molecule has 0 radical (unpaired) electrons. The first-order valence-electron chi connectivity index (χ1n) is 9.49. The number of thiazole rings is 1. The van der Waals surface area contributed by atoms with Crippen LogP contribution < -0.4 is 14.8 Å². The van der Waals surface area contributed by atoms with Crippen molar-refractivity contribution < 1.29 is 14.3 Å². The van der Waals surface area contributed by atoms with Gasteiger partial charge in [-0.1, -0.05) is 24.3 Å². The standard InChI is InChI=1S/C23H25ClN2O3S/c1-23(2,14-24)22(27)25-12-15-5-7-16(8-6-15)21-26-18(13-30-21)17-9-10-19(28-3)20(11-17)29-4/h5-11,13H,12,14H2,1-4H3,(H,25,27). The molecule has 0 unspecified atom stereocenters. The Labute approximate surface area is 186 Å². The fraction of sp³-hybridized carbons (Fsp3) is 0.304. The highest BCUT2D eigenvalue weighted by atomic mass is 35.5. The summed E-state index contributed by atoms with van der Waals surface area (Å²) in [6.45, 7) is 4.13. The topological polar surface area (TPSA) is 60.5 Å². The molecule has 3 rings (SSSR count). The van der Waals surface area contributed by atoms with Gasteiger partial charge in [0.2, 0.25) is 5.91 Å². The van der Waals surface area contributed by atoms with Crippen molar-refractivity contribution in [2.75, 3.05) is 20.1 Å². The largest absolute Gasteiger partial charge is 0.493 e. The summed E-state index contributed by atoms with van der Waals surface area (Å²) in [5.41, 5.74) is 3.33. The van der Waals surface area contributed by atoms with Crippen LogP contribution >= 0.6 is 22.9 Å². The van der Waals surface area contributed by atoms with Gasteiger partial charge in [0.1, 0.15) is 5.01 Å². The van der Waals surface area contributed by atoms with Crippen LogP contribution in [0.5, 0.6) is 11.5 Å². The molecule has 0 saturated heterocycles. The summed E-state index contributed by atoms with van der Waals surface area (Å²) in [5.74, 6) is 1.59. The quantitative estimate of drug-likeness (QED) is 0.474. The van der Waals surface area contributed by atoms with E-state index >= 15 is 0 Å². The summed E-state index contributed by atoms with van der Waals surface area (Å²) in [7, 11) is 3.24. The van der Waals surface area contributed by atoms with Crippen molar-refractivity contribution >= 4 is 28.8 Å². The molecule has 0 fully saturated rings. The first-order chi connectivity index (χ1) is 14.4. The zero-order valence-electron chi connectivity index (χ0n) is 17.5. The van der Waals surface area contributed by atoms with Crippen molar-refractivity contribution in [3.05, 3.63) is 53.4 Å². The summed E-state index contributed by atoms with van der Waals surface area (Å²) < 4.78 is 10.7. The van der Waals surface area contributed by atoms with E-state index in [2.05, 4.69) is 5.32 Å². The van der Waals surface area contributed by atoms with Gasteiger partial charge in [0.05, 0.1) is 25.3 Å². The van der Waals surface area contributed by atoms with E-state index < -0.39 is 5.41 Å². The Hall–Kier alpha value is -2.57. The molecule has 5 nitrogen and oxygen atoms in total. The van der Waals surface area contributed by atoms with Gasteiger partial charge >= 0.3 is 0 Å². The van der Waals surface area contributed by atoms with Crippen LogP contribution in [0, 0.1) is 5.41 Å². The number of methoxy groups -OCH3 is 2. The minimum atomic E-state index is -0.580. The predicted molar refractivity (Wildman–Crippen MR) is 122 cm³/mol. The van der Waals surface area contributed by atoms with Gasteiger partial charge in [-0.3, -0.25) is 4.79 Å². The molecule has 0 aliphatic rings. The highest BCUT2D eigenvalue weighted by Crippen LogP contribution is 2.34. The molecule has 30 heavy (non-hydrogen) atoms. The molecule has 0 atom stereocenters. The van der Waals surface area contributed by atoms with Crippen LogP contribution in [-0.4, -0.2) is 31.0 Å². The highest BCUT2D eigenvalue weighted by Gasteiger charge is 2.25. The molecule has 1 heterocycles. The summed E-state index contributed by atoms with van der Waals surface area (Å²) in [6.07, 6.45) is 0. The molecule has 0 bridgehead atoms. The average molecular weight is 445 g/mol. The van der Waals surface area contributed by atoms with Gasteiger partial charge in [-0.15, -0.1) is 22.9 Å². The van der Waals surface area contributed by atoms with Gasteiger partial charge in [-0.05, 0) is 37.6 Å². The molecular weight excluding hydrogens is 420 g/mol. The minimum absolute atomic E-state index is 0.0546. The lowest BCUT2D eigenvalue weighted by molar-refractivity contribution is -0.128. The van der Waals surface area contributed by atoms with Crippen molar-refractivity contribution in [3.8, 4) is 33.3 Å². The normalized spacial score (nSPS) is 11.2. The summed E-state index contributed by atoms with van der Waals surface area (Å²) in [6, 6.07) is 13.8. The molecule has 1 amide bonds. The van der Waals surface area contributed by atoms with Crippen molar-refractivity contribution in [1.82, 2.24) is 10.3 Å². The molecule has 7 heteroatoms. The van der Waals surface area contributed by atoms with Gasteiger partial charge in [-0.25, -0.2) is 4.98 Å². The molecule has 0 aliphatic carbocycles. The molecule has 0 aliphatic heterocycles. The first kappa shape index (κ1) is 22.1. The summed E-state index contributed by atoms with van der Waals surface area (Å²) in [5, 5.41) is 5.89. The third-order valence-corrected chi connectivity index (χ3v) is 6.35. The number of hydrogen-bond acceptors (Lipinski definition) is 5. The van der Waals surface area contributed by atoms with Crippen molar-refractivity contribution in [1.29, 1.82) is 0 Å². The average Bonchev–Trinajstić information content (AvgIpc) is 3.27. The Morgan fingerprint density at radius 3 is 2.37 bits per heavy atom. The van der Waals surface area contributed by atoms with Crippen LogP contribution in [0.3, 0.4) is 0 Å². The first-order valence-corrected chi connectivity index (χ1v) is 10.9. The Morgan fingerprint density at radius 1 is 1.07 bits per heavy atom. The van der Waals surface area contributed by atoms with E-state index in [1.54, 1.807) is 25.6 Å². The third kappa shape index (κ3) is 4.94. The van der Waals surface area contributed by atoms with Crippen molar-refractivity contribution in [2.24, 2.45) is 5.41 Å². The van der Waals surface area contributed by atoms with E-state index in [1.165, 1.54) is 0 Å². The number of nitrogens with one attached hydrogen (secondary N) is 1. The van der Waals surface area contributed by atoms with E-state index in [-0.39, 0.29) is 11.8 Å². The molecule has 0 saturated carbocycles. The smallest absolute Gasteiger partial charge is 0.227 e. The van der Waals surface area contributed by atoms with Crippen LogP contribution in [-0.2, 0) is 11.3 Å². The number of alkyl halides is 1. The fourth-order valence-corrected chi connectivity index (χ4v) is 3.74. The van der Waals surface area contributed by atoms with Crippen LogP contribution in [0.4, 0.5) is 0 Å². The zero-order valence-corrected chi connectivity index (χ0v) is 19.1. The number of rotatable bonds is 8. The van der Waals surface area contributed by atoms with Crippen LogP contribution in [0.15, 0.2) is 47.8 Å². The number of aromatic nitrogens is 1. The zero-order chi connectivity index (χ0) is 21.7. The van der Waals surface area contributed by atoms with E-state index in [1.807, 2.05) is 61.7 Å². The number of amides is 1. The van der Waals surface area contributed by atoms with Crippen LogP contribution in [0.25, 0.3) is 21.8 Å². The Kier molecular flexibility index (Phi) is 7.00. The van der Waals surface area contributed by atoms with Gasteiger partial charge in [-0.2, -0.15) is 0 Å². The molecule has 0 spiro atoms. The second-order valence-electron chi connectivity index (χ2n) is 7.50. The van der Waals surface area contributed by atoms with Gasteiger partial charge in [0.15, 0.2) is 11.5 Å². The number of halogens is 1. The number of ether oxygens (including phenoxy) is 2. The number of carbonyl (C=O) groups is 1. The second-order valence-corrected chi connectivity index (χ2v) is 8.63. The lowest BCUT2D eigenvalue weighted by Crippen LogP contribution is -2.37. The summed E-state index contributed by atoms with van der Waals surface area (Å²) >= 11 is 7.44. The SMILES string of the molecule is COc1ccc(-c2csc(-c3ccc(CNC(=O)C(C)(C)CCl)cc3)n2)cc1OC. The molecule has 2 aromatic carbocycles. The molecule has 3 aromatic rings. The molecule has 1 aromatic heterocycles. The number of carbonyl (C=O) groups excluding carboxylic acids is 1. The lowest BCUT2D eigenvalue weighted by Gasteiger charge is -2.20. The van der Waals surface area contributed by atoms with Crippen molar-refractivity contribution in [2.45, 2.75) is 20.4 Å². The maximum atomic E-state index is 12.2. The van der Waals surface area contributed by atoms with Gasteiger partial charge in [0, 0.05) is 28.9 Å². The molecule has 1 N–H and O–H groups in total. The lowest BCUT2D eigenvalue weighted by atomic mass is 9.95. The highest BCUT2D eigenvalue weighted by molar-refractivity contribution is 7.13. The Bertz CT molecular complexity index is 1020. The number of hydrogen-bond donors (Lipinski definition) is 1. The Balaban J connectivity index is 1.71. The monoisotopic (exact) mass is 444 g/mol. The second kappa shape index (κ2) is 9.49.